The van der Waals surface area contributed by atoms with Gasteiger partial charge in [-0.3, -0.25) is 4.79 Å². The maximum absolute atomic E-state index is 12.8. The van der Waals surface area contributed by atoms with Gasteiger partial charge < -0.3 is 19.9 Å². The Kier molecular flexibility index (Phi) is 6.92. The second kappa shape index (κ2) is 9.41. The zero-order valence-corrected chi connectivity index (χ0v) is 18.1. The Bertz CT molecular complexity index is 867. The predicted molar refractivity (Wildman–Crippen MR) is 115 cm³/mol. The number of rotatable bonds is 8. The van der Waals surface area contributed by atoms with Crippen LogP contribution in [0, 0.1) is 0 Å². The molecule has 1 amide bonds. The van der Waals surface area contributed by atoms with Gasteiger partial charge in [-0.15, -0.1) is 0 Å². The van der Waals surface area contributed by atoms with Crippen LogP contribution in [0.4, 0.5) is 0 Å². The van der Waals surface area contributed by atoms with Crippen molar-refractivity contribution in [2.75, 3.05) is 20.3 Å². The summed E-state index contributed by atoms with van der Waals surface area (Å²) in [6, 6.07) is 15.2. The van der Waals surface area contributed by atoms with E-state index in [0.29, 0.717) is 31.1 Å². The number of benzene rings is 2. The second-order valence-corrected chi connectivity index (χ2v) is 7.85. The predicted octanol–water partition coefficient (Wildman–Crippen LogP) is 3.10. The highest BCUT2D eigenvalue weighted by Gasteiger charge is 2.49. The number of nitrogens with one attached hydrogen (secondary N) is 1. The maximum Gasteiger partial charge on any atom is 0.252 e. The van der Waals surface area contributed by atoms with E-state index in [-0.39, 0.29) is 12.5 Å². The van der Waals surface area contributed by atoms with Gasteiger partial charge in [-0.1, -0.05) is 28.1 Å². The lowest BCUT2D eigenvalue weighted by Crippen LogP contribution is -2.51. The molecule has 0 radical (unpaired) electrons. The third-order valence-electron chi connectivity index (χ3n) is 4.94. The number of halogens is 1. The molecule has 3 rings (SSSR count). The summed E-state index contributed by atoms with van der Waals surface area (Å²) in [5.41, 5.74) is 0.756. The van der Waals surface area contributed by atoms with Crippen molar-refractivity contribution in [3.8, 4) is 5.75 Å². The van der Waals surface area contributed by atoms with Gasteiger partial charge >= 0.3 is 0 Å². The van der Waals surface area contributed by atoms with Crippen molar-refractivity contribution in [1.29, 1.82) is 0 Å². The van der Waals surface area contributed by atoms with E-state index in [1.807, 2.05) is 55.5 Å². The molecule has 29 heavy (non-hydrogen) atoms. The van der Waals surface area contributed by atoms with Gasteiger partial charge in [0.25, 0.3) is 5.91 Å². The molecule has 7 heteroatoms. The molecule has 0 saturated heterocycles. The topological polar surface area (TPSA) is 80.2 Å². The van der Waals surface area contributed by atoms with Gasteiger partial charge in [-0.2, -0.15) is 0 Å². The average Bonchev–Trinajstić information content (AvgIpc) is 3.07. The summed E-state index contributed by atoms with van der Waals surface area (Å²) in [6.45, 7) is 2.43. The molecule has 154 valence electrons. The number of likely N-dealkylation sites (N-methyl/N-ethyl adjacent to an activating group) is 1. The van der Waals surface area contributed by atoms with E-state index in [0.717, 1.165) is 15.6 Å². The third-order valence-corrected chi connectivity index (χ3v) is 5.47. The first-order valence-electron chi connectivity index (χ1n) is 9.56. The molecule has 1 heterocycles. The molecule has 1 aliphatic rings. The van der Waals surface area contributed by atoms with Crippen molar-refractivity contribution in [3.05, 3.63) is 64.1 Å². The SMILES string of the molecule is CNC(=O)[C@]1(Cc2ccc(Br)cc2)N=C(c2ccc(OCCCO)cc2)O[C@@H]1C. The Morgan fingerprint density at radius 2 is 1.93 bits per heavy atom. The monoisotopic (exact) mass is 460 g/mol. The first-order valence-corrected chi connectivity index (χ1v) is 10.3. The van der Waals surface area contributed by atoms with Gasteiger partial charge in [0, 0.05) is 36.5 Å². The first kappa shape index (κ1) is 21.3. The first-order chi connectivity index (χ1) is 14.0. The van der Waals surface area contributed by atoms with Crippen LogP contribution in [0.15, 0.2) is 58.0 Å². The van der Waals surface area contributed by atoms with Crippen LogP contribution in [0.25, 0.3) is 0 Å². The fourth-order valence-electron chi connectivity index (χ4n) is 3.27. The molecule has 2 aromatic carbocycles. The Labute approximate surface area is 179 Å². The van der Waals surface area contributed by atoms with Crippen LogP contribution in [-0.2, 0) is 16.0 Å². The number of hydrogen-bond donors (Lipinski definition) is 2. The fourth-order valence-corrected chi connectivity index (χ4v) is 3.54. The van der Waals surface area contributed by atoms with E-state index in [2.05, 4.69) is 21.2 Å². The molecule has 2 N–H and O–H groups in total. The number of aliphatic hydroxyl groups excluding tert-OH is 1. The molecule has 2 aromatic rings. The minimum atomic E-state index is -1.03. The second-order valence-electron chi connectivity index (χ2n) is 6.93. The van der Waals surface area contributed by atoms with Crippen LogP contribution < -0.4 is 10.1 Å². The summed E-state index contributed by atoms with van der Waals surface area (Å²) in [6.07, 6.45) is 0.605. The number of amides is 1. The van der Waals surface area contributed by atoms with Gasteiger partial charge in [0.1, 0.15) is 11.9 Å². The highest BCUT2D eigenvalue weighted by atomic mass is 79.9. The lowest BCUT2D eigenvalue weighted by Gasteiger charge is -2.27. The lowest BCUT2D eigenvalue weighted by molar-refractivity contribution is -0.127. The minimum absolute atomic E-state index is 0.0978. The molecule has 0 saturated carbocycles. The van der Waals surface area contributed by atoms with Crippen LogP contribution >= 0.6 is 15.9 Å². The quantitative estimate of drug-likeness (QED) is 0.593. The van der Waals surface area contributed by atoms with Gasteiger partial charge in [-0.05, 0) is 48.9 Å². The third kappa shape index (κ3) is 4.79. The zero-order chi connectivity index (χ0) is 20.9. The van der Waals surface area contributed by atoms with E-state index in [1.54, 1.807) is 7.05 Å². The molecule has 0 fully saturated rings. The Balaban J connectivity index is 1.86. The van der Waals surface area contributed by atoms with Crippen molar-refractivity contribution < 1.29 is 19.4 Å². The van der Waals surface area contributed by atoms with E-state index >= 15 is 0 Å². The van der Waals surface area contributed by atoms with E-state index in [9.17, 15) is 4.79 Å². The van der Waals surface area contributed by atoms with Crippen molar-refractivity contribution in [3.63, 3.8) is 0 Å². The van der Waals surface area contributed by atoms with Crippen LogP contribution in [0.5, 0.6) is 5.75 Å². The van der Waals surface area contributed by atoms with Crippen LogP contribution in [-0.4, -0.2) is 48.8 Å². The summed E-state index contributed by atoms with van der Waals surface area (Å²) in [4.78, 5) is 17.6. The molecule has 6 nitrogen and oxygen atoms in total. The normalized spacial score (nSPS) is 20.7. The summed E-state index contributed by atoms with van der Waals surface area (Å²) < 4.78 is 12.6. The van der Waals surface area contributed by atoms with Gasteiger partial charge in [0.15, 0.2) is 5.54 Å². The Morgan fingerprint density at radius 3 is 2.55 bits per heavy atom. The van der Waals surface area contributed by atoms with Crippen molar-refractivity contribution in [2.24, 2.45) is 4.99 Å². The van der Waals surface area contributed by atoms with Crippen molar-refractivity contribution in [1.82, 2.24) is 5.32 Å². The number of ether oxygens (including phenoxy) is 2. The number of aliphatic hydroxyl groups is 1. The standard InChI is InChI=1S/C22H25BrN2O4/c1-15-22(21(27)24-2,14-16-4-8-18(23)9-5-16)25-20(29-15)17-6-10-19(11-7-17)28-13-3-12-26/h4-11,15,26H,3,12-14H2,1-2H3,(H,24,27)/t15-,22-/m1/s1. The van der Waals surface area contributed by atoms with Gasteiger partial charge in [-0.25, -0.2) is 4.99 Å². The molecule has 0 aromatic heterocycles. The van der Waals surface area contributed by atoms with E-state index in [1.165, 1.54) is 0 Å². The molecular weight excluding hydrogens is 436 g/mol. The highest BCUT2D eigenvalue weighted by Crippen LogP contribution is 2.33. The Morgan fingerprint density at radius 1 is 1.24 bits per heavy atom. The average molecular weight is 461 g/mol. The van der Waals surface area contributed by atoms with Crippen LogP contribution in [0.3, 0.4) is 0 Å². The molecule has 0 aliphatic carbocycles. The van der Waals surface area contributed by atoms with Gasteiger partial charge in [0.2, 0.25) is 5.90 Å². The lowest BCUT2D eigenvalue weighted by atomic mass is 9.86. The number of nitrogens with zero attached hydrogens (tertiary/aromatic N) is 1. The Hall–Kier alpha value is -2.38. The number of aliphatic imine (C=N–C) groups is 1. The summed E-state index contributed by atoms with van der Waals surface area (Å²) >= 11 is 3.44. The molecule has 1 aliphatic heterocycles. The molecule has 2 atom stereocenters. The molecular formula is C22H25BrN2O4. The van der Waals surface area contributed by atoms with E-state index < -0.39 is 11.6 Å². The molecule has 0 unspecified atom stereocenters. The fraction of sp³-hybridized carbons (Fsp3) is 0.364. The van der Waals surface area contributed by atoms with Crippen LogP contribution in [0.2, 0.25) is 0 Å². The number of carbonyl (C=O) groups excluding carboxylic acids is 1. The van der Waals surface area contributed by atoms with Crippen molar-refractivity contribution in [2.45, 2.75) is 31.4 Å². The maximum atomic E-state index is 12.8. The largest absolute Gasteiger partial charge is 0.494 e. The zero-order valence-electron chi connectivity index (χ0n) is 16.5. The van der Waals surface area contributed by atoms with Gasteiger partial charge in [0.05, 0.1) is 6.61 Å². The minimum Gasteiger partial charge on any atom is -0.494 e. The number of hydrogen-bond acceptors (Lipinski definition) is 5. The summed E-state index contributed by atoms with van der Waals surface area (Å²) in [5, 5.41) is 11.6. The van der Waals surface area contributed by atoms with E-state index in [4.69, 9.17) is 19.6 Å². The molecule has 0 spiro atoms. The summed E-state index contributed by atoms with van der Waals surface area (Å²) in [5.74, 6) is 0.980. The number of carbonyl (C=O) groups is 1. The molecule has 0 bridgehead atoms. The smallest absolute Gasteiger partial charge is 0.252 e. The summed E-state index contributed by atoms with van der Waals surface area (Å²) in [7, 11) is 1.62. The highest BCUT2D eigenvalue weighted by molar-refractivity contribution is 9.10. The van der Waals surface area contributed by atoms with Crippen LogP contribution in [0.1, 0.15) is 24.5 Å². The van der Waals surface area contributed by atoms with Crippen molar-refractivity contribution >= 4 is 27.7 Å².